The summed E-state index contributed by atoms with van der Waals surface area (Å²) >= 11 is 0. The fourth-order valence-electron chi connectivity index (χ4n) is 4.38. The summed E-state index contributed by atoms with van der Waals surface area (Å²) in [4.78, 5) is 43.0. The Balaban J connectivity index is 1.36. The molecule has 1 aromatic rings. The van der Waals surface area contributed by atoms with Gasteiger partial charge >= 0.3 is 0 Å². The van der Waals surface area contributed by atoms with Crippen LogP contribution < -0.4 is 4.90 Å². The number of allylic oxidation sites excluding steroid dienone is 2. The van der Waals surface area contributed by atoms with Crippen LogP contribution in [-0.4, -0.2) is 60.2 Å². The zero-order chi connectivity index (χ0) is 19.0. The minimum Gasteiger partial charge on any atom is -0.368 e. The normalized spacial score (nSPS) is 25.1. The van der Waals surface area contributed by atoms with E-state index in [0.717, 1.165) is 13.1 Å². The molecule has 2 atom stereocenters. The number of hydrogen-bond donors (Lipinski definition) is 0. The number of hydrogen-bond acceptors (Lipinski definition) is 4. The highest BCUT2D eigenvalue weighted by molar-refractivity contribution is 6.07. The number of para-hydroxylation sites is 1. The monoisotopic (exact) mass is 367 g/mol. The molecule has 1 aliphatic carbocycles. The number of aryl methyl sites for hydroxylation is 1. The number of piperazine rings is 1. The van der Waals surface area contributed by atoms with E-state index in [9.17, 15) is 14.4 Å². The molecule has 0 aromatic heterocycles. The summed E-state index contributed by atoms with van der Waals surface area (Å²) in [5.74, 6) is -1.03. The van der Waals surface area contributed by atoms with Gasteiger partial charge in [0.2, 0.25) is 17.7 Å². The van der Waals surface area contributed by atoms with Crippen molar-refractivity contribution in [1.82, 2.24) is 9.80 Å². The average Bonchev–Trinajstić information content (AvgIpc) is 2.94. The second kappa shape index (κ2) is 7.18. The van der Waals surface area contributed by atoms with Crippen molar-refractivity contribution in [3.63, 3.8) is 0 Å². The van der Waals surface area contributed by atoms with Gasteiger partial charge < -0.3 is 9.80 Å². The Hall–Kier alpha value is -2.63. The molecule has 1 aromatic carbocycles. The summed E-state index contributed by atoms with van der Waals surface area (Å²) in [5.41, 5.74) is 2.42. The second-order valence-corrected chi connectivity index (χ2v) is 7.57. The maximum absolute atomic E-state index is 12.7. The molecule has 3 aliphatic rings. The molecule has 3 amide bonds. The van der Waals surface area contributed by atoms with E-state index in [1.165, 1.54) is 16.2 Å². The Morgan fingerprint density at radius 1 is 0.963 bits per heavy atom. The standard InChI is InChI=1S/C21H25N3O3/c1-15-6-2-5-9-18(15)22-10-12-23(13-11-22)19(25)14-24-20(26)16-7-3-4-8-17(16)21(24)27/h2-6,9,16-17H,7-8,10-14H2,1H3/t16-,17-/m1/s1. The van der Waals surface area contributed by atoms with Gasteiger partial charge in [0, 0.05) is 31.9 Å². The predicted molar refractivity (Wildman–Crippen MR) is 102 cm³/mol. The summed E-state index contributed by atoms with van der Waals surface area (Å²) < 4.78 is 0. The first-order chi connectivity index (χ1) is 13.1. The molecule has 2 saturated heterocycles. The SMILES string of the molecule is Cc1ccccc1N1CCN(C(=O)CN2C(=O)[C@@H]3CC=CC[C@H]3C2=O)CC1. The van der Waals surface area contributed by atoms with Gasteiger partial charge in [-0.15, -0.1) is 0 Å². The van der Waals surface area contributed by atoms with E-state index in [-0.39, 0.29) is 36.1 Å². The molecule has 0 N–H and O–H groups in total. The molecular weight excluding hydrogens is 342 g/mol. The van der Waals surface area contributed by atoms with Gasteiger partial charge in [0.15, 0.2) is 0 Å². The summed E-state index contributed by atoms with van der Waals surface area (Å²) in [5, 5.41) is 0. The highest BCUT2D eigenvalue weighted by atomic mass is 16.2. The Kier molecular flexibility index (Phi) is 4.72. The largest absolute Gasteiger partial charge is 0.368 e. The molecule has 2 aliphatic heterocycles. The lowest BCUT2D eigenvalue weighted by Gasteiger charge is -2.37. The van der Waals surface area contributed by atoms with Crippen molar-refractivity contribution < 1.29 is 14.4 Å². The van der Waals surface area contributed by atoms with E-state index in [1.807, 2.05) is 24.3 Å². The molecule has 6 nitrogen and oxygen atoms in total. The predicted octanol–water partition coefficient (Wildman–Crippen LogP) is 1.59. The van der Waals surface area contributed by atoms with Crippen molar-refractivity contribution in [1.29, 1.82) is 0 Å². The zero-order valence-electron chi connectivity index (χ0n) is 15.6. The van der Waals surface area contributed by atoms with Crippen LogP contribution in [0.3, 0.4) is 0 Å². The summed E-state index contributed by atoms with van der Waals surface area (Å²) in [6, 6.07) is 8.24. The van der Waals surface area contributed by atoms with Crippen LogP contribution in [0.2, 0.25) is 0 Å². The zero-order valence-corrected chi connectivity index (χ0v) is 15.6. The molecule has 0 radical (unpaired) electrons. The van der Waals surface area contributed by atoms with Gasteiger partial charge in [0.05, 0.1) is 11.8 Å². The van der Waals surface area contributed by atoms with Gasteiger partial charge in [0.25, 0.3) is 0 Å². The molecule has 142 valence electrons. The number of rotatable bonds is 3. The average molecular weight is 367 g/mol. The number of carbonyl (C=O) groups is 3. The van der Waals surface area contributed by atoms with E-state index >= 15 is 0 Å². The molecule has 2 fully saturated rings. The number of imide groups is 1. The third kappa shape index (κ3) is 3.24. The van der Waals surface area contributed by atoms with Gasteiger partial charge in [0.1, 0.15) is 6.54 Å². The van der Waals surface area contributed by atoms with Crippen molar-refractivity contribution in [3.8, 4) is 0 Å². The van der Waals surface area contributed by atoms with Gasteiger partial charge in [-0.1, -0.05) is 30.4 Å². The third-order valence-electron chi connectivity index (χ3n) is 5.98. The van der Waals surface area contributed by atoms with Crippen LogP contribution in [-0.2, 0) is 14.4 Å². The first-order valence-electron chi connectivity index (χ1n) is 9.65. The van der Waals surface area contributed by atoms with Crippen LogP contribution in [0.1, 0.15) is 18.4 Å². The van der Waals surface area contributed by atoms with Crippen molar-refractivity contribution in [2.75, 3.05) is 37.6 Å². The Labute approximate surface area is 159 Å². The smallest absolute Gasteiger partial charge is 0.242 e. The number of benzene rings is 1. The lowest BCUT2D eigenvalue weighted by Crippen LogP contribution is -2.52. The lowest BCUT2D eigenvalue weighted by molar-refractivity contribution is -0.146. The maximum atomic E-state index is 12.7. The molecule has 6 heteroatoms. The van der Waals surface area contributed by atoms with Crippen LogP contribution in [0.4, 0.5) is 5.69 Å². The minimum absolute atomic E-state index is 0.116. The van der Waals surface area contributed by atoms with Crippen molar-refractivity contribution >= 4 is 23.4 Å². The summed E-state index contributed by atoms with van der Waals surface area (Å²) in [7, 11) is 0. The first kappa shape index (κ1) is 17.8. The van der Waals surface area contributed by atoms with E-state index < -0.39 is 0 Å². The third-order valence-corrected chi connectivity index (χ3v) is 5.98. The molecule has 27 heavy (non-hydrogen) atoms. The van der Waals surface area contributed by atoms with E-state index in [4.69, 9.17) is 0 Å². The Morgan fingerprint density at radius 2 is 1.56 bits per heavy atom. The van der Waals surface area contributed by atoms with Crippen LogP contribution >= 0.6 is 0 Å². The topological polar surface area (TPSA) is 60.9 Å². The van der Waals surface area contributed by atoms with E-state index in [0.29, 0.717) is 25.9 Å². The number of likely N-dealkylation sites (tertiary alicyclic amines) is 1. The fourth-order valence-corrected chi connectivity index (χ4v) is 4.38. The molecule has 0 saturated carbocycles. The number of amides is 3. The lowest BCUT2D eigenvalue weighted by atomic mass is 9.85. The fraction of sp³-hybridized carbons (Fsp3) is 0.476. The highest BCUT2D eigenvalue weighted by Crippen LogP contribution is 2.35. The van der Waals surface area contributed by atoms with Gasteiger partial charge in [-0.05, 0) is 31.4 Å². The van der Waals surface area contributed by atoms with Crippen LogP contribution in [0, 0.1) is 18.8 Å². The first-order valence-corrected chi connectivity index (χ1v) is 9.65. The molecule has 0 unspecified atom stereocenters. The van der Waals surface area contributed by atoms with Crippen molar-refractivity contribution in [2.45, 2.75) is 19.8 Å². The van der Waals surface area contributed by atoms with Gasteiger partial charge in [-0.3, -0.25) is 19.3 Å². The Bertz CT molecular complexity index is 770. The number of anilines is 1. The maximum Gasteiger partial charge on any atom is 0.242 e. The quantitative estimate of drug-likeness (QED) is 0.601. The van der Waals surface area contributed by atoms with Gasteiger partial charge in [-0.2, -0.15) is 0 Å². The van der Waals surface area contributed by atoms with Crippen LogP contribution in [0.15, 0.2) is 36.4 Å². The van der Waals surface area contributed by atoms with E-state index in [1.54, 1.807) is 4.90 Å². The minimum atomic E-state index is -0.270. The number of fused-ring (bicyclic) bond motifs is 1. The van der Waals surface area contributed by atoms with E-state index in [2.05, 4.69) is 24.0 Å². The highest BCUT2D eigenvalue weighted by Gasteiger charge is 2.47. The van der Waals surface area contributed by atoms with Crippen molar-refractivity contribution in [3.05, 3.63) is 42.0 Å². The van der Waals surface area contributed by atoms with Crippen LogP contribution in [0.25, 0.3) is 0 Å². The Morgan fingerprint density at radius 3 is 2.15 bits per heavy atom. The van der Waals surface area contributed by atoms with Crippen molar-refractivity contribution in [2.24, 2.45) is 11.8 Å². The van der Waals surface area contributed by atoms with Crippen LogP contribution in [0.5, 0.6) is 0 Å². The molecule has 0 bridgehead atoms. The summed E-state index contributed by atoms with van der Waals surface area (Å²) in [6.07, 6.45) is 5.13. The summed E-state index contributed by atoms with van der Waals surface area (Å²) in [6.45, 7) is 4.71. The molecular formula is C21H25N3O3. The van der Waals surface area contributed by atoms with Gasteiger partial charge in [-0.25, -0.2) is 0 Å². The number of nitrogens with zero attached hydrogens (tertiary/aromatic N) is 3. The molecule has 4 rings (SSSR count). The second-order valence-electron chi connectivity index (χ2n) is 7.57. The molecule has 0 spiro atoms. The number of carbonyl (C=O) groups excluding carboxylic acids is 3. The molecule has 2 heterocycles.